The van der Waals surface area contributed by atoms with Crippen molar-refractivity contribution in [1.82, 2.24) is 14.1 Å². The molecule has 1 aromatic heterocycles. The van der Waals surface area contributed by atoms with E-state index in [0.29, 0.717) is 23.6 Å². The molecule has 4 aromatic rings. The lowest BCUT2D eigenvalue weighted by Crippen LogP contribution is -2.29. The molecule has 170 valence electrons. The summed E-state index contributed by atoms with van der Waals surface area (Å²) in [6.45, 7) is 2.63. The van der Waals surface area contributed by atoms with Gasteiger partial charge >= 0.3 is 0 Å². The van der Waals surface area contributed by atoms with Crippen LogP contribution in [0, 0.1) is 15.4 Å². The maximum atomic E-state index is 13.9. The van der Waals surface area contributed by atoms with Crippen LogP contribution >= 0.6 is 22.6 Å². The zero-order chi connectivity index (χ0) is 23.2. The smallest absolute Gasteiger partial charge is 0.243 e. The molecule has 1 aliphatic rings. The normalized spacial score (nSPS) is 19.2. The highest BCUT2D eigenvalue weighted by Gasteiger charge is 2.39. The Bertz CT molecular complexity index is 1410. The van der Waals surface area contributed by atoms with Gasteiger partial charge in [-0.15, -0.1) is 0 Å². The number of ether oxygens (including phenoxy) is 1. The summed E-state index contributed by atoms with van der Waals surface area (Å²) in [5.41, 5.74) is 0.679. The first-order valence-electron chi connectivity index (χ1n) is 10.5. The Morgan fingerprint density at radius 1 is 1.00 bits per heavy atom. The maximum absolute atomic E-state index is 13.9. The molecule has 9 heteroatoms. The third kappa shape index (κ3) is 4.24. The van der Waals surface area contributed by atoms with Gasteiger partial charge in [-0.3, -0.25) is 4.68 Å². The molecular formula is C24H21FIN3O3S. The van der Waals surface area contributed by atoms with Crippen molar-refractivity contribution in [2.75, 3.05) is 13.1 Å². The number of nitrogens with zero attached hydrogens (tertiary/aromatic N) is 3. The summed E-state index contributed by atoms with van der Waals surface area (Å²) in [5.74, 6) is 0.921. The first-order chi connectivity index (χ1) is 15.8. The molecule has 6 nitrogen and oxygen atoms in total. The van der Waals surface area contributed by atoms with Crippen LogP contribution in [0.1, 0.15) is 13.0 Å². The Kier molecular flexibility index (Phi) is 5.87. The fraction of sp³-hybridized carbons (Fsp3) is 0.208. The number of benzene rings is 3. The van der Waals surface area contributed by atoms with Crippen molar-refractivity contribution in [1.29, 1.82) is 0 Å². The van der Waals surface area contributed by atoms with E-state index in [9.17, 15) is 12.8 Å². The van der Waals surface area contributed by atoms with Gasteiger partial charge in [0.15, 0.2) is 0 Å². The molecule has 5 rings (SSSR count). The predicted octanol–water partition coefficient (Wildman–Crippen LogP) is 5.45. The van der Waals surface area contributed by atoms with E-state index in [1.807, 2.05) is 37.3 Å². The molecule has 0 spiro atoms. The molecular weight excluding hydrogens is 556 g/mol. The molecule has 0 N–H and O–H groups in total. The average Bonchev–Trinajstić information content (AvgIpc) is 3.34. The summed E-state index contributed by atoms with van der Waals surface area (Å²) < 4.78 is 50.4. The molecule has 1 aliphatic heterocycles. The summed E-state index contributed by atoms with van der Waals surface area (Å²) in [7, 11) is -3.70. The first kappa shape index (κ1) is 22.3. The quantitative estimate of drug-likeness (QED) is 0.296. The highest BCUT2D eigenvalue weighted by Crippen LogP contribution is 2.35. The number of rotatable bonds is 5. The van der Waals surface area contributed by atoms with Crippen LogP contribution in [-0.4, -0.2) is 35.6 Å². The molecule has 1 fully saturated rings. The lowest BCUT2D eigenvalue weighted by Gasteiger charge is -2.18. The highest BCUT2D eigenvalue weighted by molar-refractivity contribution is 14.1. The summed E-state index contributed by atoms with van der Waals surface area (Å²) in [4.78, 5) is 0.210. The summed E-state index contributed by atoms with van der Waals surface area (Å²) in [5, 5.41) is 5.46. The Morgan fingerprint density at radius 2 is 1.70 bits per heavy atom. The monoisotopic (exact) mass is 577 g/mol. The number of fused-ring (bicyclic) bond motifs is 1. The largest absolute Gasteiger partial charge is 0.457 e. The SMILES string of the molecule is C[C@@H]1CN(S(=O)(=O)c2ccc(Oc3ccccc3)cc2)C[C@@H]1n1nc(I)c2ccc(F)cc21. The Balaban J connectivity index is 1.38. The van der Waals surface area contributed by atoms with E-state index in [4.69, 9.17) is 4.74 Å². The maximum Gasteiger partial charge on any atom is 0.243 e. The molecule has 0 saturated carbocycles. The number of hydrogen-bond acceptors (Lipinski definition) is 4. The summed E-state index contributed by atoms with van der Waals surface area (Å²) >= 11 is 2.13. The predicted molar refractivity (Wildman–Crippen MR) is 132 cm³/mol. The van der Waals surface area contributed by atoms with Crippen LogP contribution in [0.5, 0.6) is 11.5 Å². The second kappa shape index (κ2) is 8.69. The van der Waals surface area contributed by atoms with Crippen molar-refractivity contribution in [3.63, 3.8) is 0 Å². The van der Waals surface area contributed by atoms with E-state index in [1.54, 1.807) is 35.0 Å². The van der Waals surface area contributed by atoms with Crippen molar-refractivity contribution in [2.45, 2.75) is 17.9 Å². The second-order valence-electron chi connectivity index (χ2n) is 8.15. The van der Waals surface area contributed by atoms with Crippen LogP contribution in [0.15, 0.2) is 77.7 Å². The van der Waals surface area contributed by atoms with Crippen molar-refractivity contribution in [3.05, 3.63) is 82.3 Å². The Labute approximate surface area is 205 Å². The van der Waals surface area contributed by atoms with Gasteiger partial charge in [0.1, 0.15) is 21.0 Å². The molecule has 2 heterocycles. The molecule has 0 aliphatic carbocycles. The van der Waals surface area contributed by atoms with Crippen molar-refractivity contribution < 1.29 is 17.5 Å². The van der Waals surface area contributed by atoms with Crippen LogP contribution in [0.2, 0.25) is 0 Å². The summed E-state index contributed by atoms with van der Waals surface area (Å²) in [6.07, 6.45) is 0. The van der Waals surface area contributed by atoms with Gasteiger partial charge in [0.25, 0.3) is 0 Å². The van der Waals surface area contributed by atoms with Gasteiger partial charge < -0.3 is 4.74 Å². The number of para-hydroxylation sites is 1. The number of halogens is 2. The van der Waals surface area contributed by atoms with Crippen LogP contribution in [0.4, 0.5) is 4.39 Å². The van der Waals surface area contributed by atoms with Gasteiger partial charge in [-0.05, 0) is 83.1 Å². The van der Waals surface area contributed by atoms with Gasteiger partial charge in [0, 0.05) is 18.5 Å². The lowest BCUT2D eigenvalue weighted by molar-refractivity contribution is 0.407. The topological polar surface area (TPSA) is 64.4 Å². The molecule has 1 saturated heterocycles. The van der Waals surface area contributed by atoms with E-state index >= 15 is 0 Å². The van der Waals surface area contributed by atoms with E-state index in [0.717, 1.165) is 9.09 Å². The number of hydrogen-bond donors (Lipinski definition) is 0. The minimum atomic E-state index is -3.70. The molecule has 33 heavy (non-hydrogen) atoms. The highest BCUT2D eigenvalue weighted by atomic mass is 127. The Hall–Kier alpha value is -2.50. The molecule has 2 atom stereocenters. The van der Waals surface area contributed by atoms with Crippen LogP contribution in [0.25, 0.3) is 10.9 Å². The third-order valence-corrected chi connectivity index (χ3v) is 8.56. The van der Waals surface area contributed by atoms with Gasteiger partial charge in [0.2, 0.25) is 10.0 Å². The van der Waals surface area contributed by atoms with Gasteiger partial charge in [-0.1, -0.05) is 25.1 Å². The Morgan fingerprint density at radius 3 is 2.42 bits per heavy atom. The molecule has 0 unspecified atom stereocenters. The van der Waals surface area contributed by atoms with E-state index < -0.39 is 10.0 Å². The zero-order valence-electron chi connectivity index (χ0n) is 17.7. The second-order valence-corrected chi connectivity index (χ2v) is 11.1. The zero-order valence-corrected chi connectivity index (χ0v) is 20.7. The van der Waals surface area contributed by atoms with E-state index in [-0.39, 0.29) is 29.2 Å². The molecule has 0 radical (unpaired) electrons. The van der Waals surface area contributed by atoms with Crippen molar-refractivity contribution >= 4 is 43.5 Å². The minimum absolute atomic E-state index is 0.0163. The standard InChI is InChI=1S/C24H21FIN3O3S/c1-16-14-28(15-23(16)29-22-13-17(25)7-12-21(22)24(26)27-29)33(30,31)20-10-8-19(9-11-20)32-18-5-3-2-4-6-18/h2-13,16,23H,14-15H2,1H3/t16-,23+/m1/s1. The molecule has 0 amide bonds. The minimum Gasteiger partial charge on any atom is -0.457 e. The van der Waals surface area contributed by atoms with Crippen molar-refractivity contribution in [3.8, 4) is 11.5 Å². The van der Waals surface area contributed by atoms with E-state index in [1.165, 1.54) is 16.4 Å². The fourth-order valence-corrected chi connectivity index (χ4v) is 6.44. The lowest BCUT2D eigenvalue weighted by atomic mass is 10.1. The van der Waals surface area contributed by atoms with Crippen LogP contribution < -0.4 is 4.74 Å². The summed E-state index contributed by atoms with van der Waals surface area (Å²) in [6, 6.07) is 20.1. The van der Waals surface area contributed by atoms with Crippen LogP contribution in [-0.2, 0) is 10.0 Å². The first-order valence-corrected chi connectivity index (χ1v) is 13.0. The van der Waals surface area contributed by atoms with Gasteiger partial charge in [0.05, 0.1) is 16.5 Å². The molecule has 3 aromatic carbocycles. The van der Waals surface area contributed by atoms with E-state index in [2.05, 4.69) is 27.7 Å². The van der Waals surface area contributed by atoms with Crippen LogP contribution in [0.3, 0.4) is 0 Å². The number of aromatic nitrogens is 2. The molecule has 0 bridgehead atoms. The third-order valence-electron chi connectivity index (χ3n) is 5.92. The van der Waals surface area contributed by atoms with Gasteiger partial charge in [-0.25, -0.2) is 12.8 Å². The van der Waals surface area contributed by atoms with Crippen molar-refractivity contribution in [2.24, 2.45) is 5.92 Å². The fourth-order valence-electron chi connectivity index (χ4n) is 4.20. The average molecular weight is 577 g/mol. The van der Waals surface area contributed by atoms with Gasteiger partial charge in [-0.2, -0.15) is 9.40 Å². The number of sulfonamides is 1.